The van der Waals surface area contributed by atoms with Crippen molar-refractivity contribution < 1.29 is 32.7 Å². The number of hydrogen-bond donors (Lipinski definition) is 3. The summed E-state index contributed by atoms with van der Waals surface area (Å²) in [6.45, 7) is -0.760. The molecule has 3 unspecified atom stereocenters. The average molecular weight is 386 g/mol. The molecule has 0 radical (unpaired) electrons. The standard InChI is InChI=1S/C14H16FN4O6P/c1-3-14(6-24-26(21,22)23-2)12(20)10(15)11(25-14)8-4-5-9-13(16)17-7-18-19(8)9/h1,4-5,7,10-12,20H,6H2,2H3,(H,21,22)(H2,16,17,18)/t10-,11?,12-,14?/m0/s1. The molecule has 0 aliphatic carbocycles. The van der Waals surface area contributed by atoms with Crippen LogP contribution < -0.4 is 5.73 Å². The molecule has 5 atom stereocenters. The Hall–Kier alpha value is -2.06. The highest BCUT2D eigenvalue weighted by molar-refractivity contribution is 7.47. The fourth-order valence-corrected chi connectivity index (χ4v) is 3.17. The monoisotopic (exact) mass is 386 g/mol. The maximum absolute atomic E-state index is 14.8. The van der Waals surface area contributed by atoms with E-state index in [2.05, 4.69) is 20.5 Å². The summed E-state index contributed by atoms with van der Waals surface area (Å²) in [5, 5.41) is 14.3. The Morgan fingerprint density at radius 2 is 2.35 bits per heavy atom. The first kappa shape index (κ1) is 18.7. The Labute approximate surface area is 147 Å². The number of fused-ring (bicyclic) bond motifs is 1. The number of anilines is 1. The van der Waals surface area contributed by atoms with Crippen LogP contribution in [0.5, 0.6) is 0 Å². The number of nitrogens with two attached hydrogens (primary N) is 1. The third-order valence-electron chi connectivity index (χ3n) is 4.13. The molecule has 12 heteroatoms. The van der Waals surface area contributed by atoms with Gasteiger partial charge in [-0.05, 0) is 12.1 Å². The number of alkyl halides is 1. The lowest BCUT2D eigenvalue weighted by Gasteiger charge is -2.26. The van der Waals surface area contributed by atoms with E-state index in [0.717, 1.165) is 7.11 Å². The van der Waals surface area contributed by atoms with Gasteiger partial charge in [0.2, 0.25) is 0 Å². The van der Waals surface area contributed by atoms with Gasteiger partial charge in [-0.2, -0.15) is 5.10 Å². The number of aromatic nitrogens is 3. The van der Waals surface area contributed by atoms with Crippen LogP contribution in [0.2, 0.25) is 0 Å². The number of phosphoric acid groups is 1. The largest absolute Gasteiger partial charge is 0.472 e. The second kappa shape index (κ2) is 6.59. The minimum Gasteiger partial charge on any atom is -0.386 e. The first-order chi connectivity index (χ1) is 12.2. The molecule has 1 aliphatic heterocycles. The summed E-state index contributed by atoms with van der Waals surface area (Å²) < 4.78 is 42.1. The Morgan fingerprint density at radius 1 is 1.62 bits per heavy atom. The van der Waals surface area contributed by atoms with Crippen molar-refractivity contribution in [2.45, 2.75) is 24.0 Å². The zero-order valence-corrected chi connectivity index (χ0v) is 14.4. The van der Waals surface area contributed by atoms with Gasteiger partial charge in [-0.3, -0.25) is 9.05 Å². The van der Waals surface area contributed by atoms with E-state index in [-0.39, 0.29) is 11.5 Å². The van der Waals surface area contributed by atoms with Crippen molar-refractivity contribution >= 4 is 19.2 Å². The van der Waals surface area contributed by atoms with E-state index >= 15 is 0 Å². The van der Waals surface area contributed by atoms with Crippen molar-refractivity contribution in [3.63, 3.8) is 0 Å². The second-order valence-corrected chi connectivity index (χ2v) is 7.15. The van der Waals surface area contributed by atoms with Crippen LogP contribution in [-0.4, -0.2) is 56.2 Å². The summed E-state index contributed by atoms with van der Waals surface area (Å²) in [6, 6.07) is 3.07. The molecule has 1 saturated heterocycles. The van der Waals surface area contributed by atoms with E-state index in [9.17, 15) is 19.0 Å². The third kappa shape index (κ3) is 2.97. The van der Waals surface area contributed by atoms with E-state index in [0.29, 0.717) is 5.52 Å². The van der Waals surface area contributed by atoms with Gasteiger partial charge in [0, 0.05) is 7.11 Å². The van der Waals surface area contributed by atoms with Crippen molar-refractivity contribution in [2.24, 2.45) is 0 Å². The Balaban J connectivity index is 1.94. The smallest absolute Gasteiger partial charge is 0.386 e. The van der Waals surface area contributed by atoms with E-state index in [1.165, 1.54) is 16.9 Å². The highest BCUT2D eigenvalue weighted by Crippen LogP contribution is 2.47. The number of aliphatic hydroxyl groups is 1. The predicted molar refractivity (Wildman–Crippen MR) is 86.5 cm³/mol. The molecule has 0 saturated carbocycles. The molecule has 4 N–H and O–H groups in total. The molecule has 1 aliphatic rings. The SMILES string of the molecule is C#CC1(COP(=O)(O)OC)OC(c2ccc3c(N)ncnn23)[C@H](F)[C@@H]1O. The van der Waals surface area contributed by atoms with Gasteiger partial charge in [0.15, 0.2) is 17.6 Å². The van der Waals surface area contributed by atoms with Gasteiger partial charge < -0.3 is 20.5 Å². The highest BCUT2D eigenvalue weighted by atomic mass is 31.2. The van der Waals surface area contributed by atoms with Gasteiger partial charge in [-0.1, -0.05) is 5.92 Å². The van der Waals surface area contributed by atoms with Gasteiger partial charge in [-0.15, -0.1) is 6.42 Å². The fourth-order valence-electron chi connectivity index (χ4n) is 2.71. The van der Waals surface area contributed by atoms with E-state index < -0.39 is 38.4 Å². The van der Waals surface area contributed by atoms with E-state index in [1.54, 1.807) is 6.07 Å². The van der Waals surface area contributed by atoms with Gasteiger partial charge in [0.1, 0.15) is 30.7 Å². The number of ether oxygens (including phenoxy) is 1. The average Bonchev–Trinajstić information content (AvgIpc) is 3.16. The zero-order valence-electron chi connectivity index (χ0n) is 13.5. The van der Waals surface area contributed by atoms with Crippen LogP contribution >= 0.6 is 7.82 Å². The van der Waals surface area contributed by atoms with Gasteiger partial charge in [0.05, 0.1) is 5.69 Å². The molecule has 10 nitrogen and oxygen atoms in total. The topological polar surface area (TPSA) is 141 Å². The van der Waals surface area contributed by atoms with E-state index in [1.807, 2.05) is 0 Å². The van der Waals surface area contributed by atoms with Crippen LogP contribution in [0.3, 0.4) is 0 Å². The lowest BCUT2D eigenvalue weighted by Crippen LogP contribution is -2.44. The molecule has 0 spiro atoms. The molecule has 0 bridgehead atoms. The van der Waals surface area contributed by atoms with Crippen LogP contribution in [-0.2, 0) is 18.3 Å². The zero-order chi connectivity index (χ0) is 19.1. The van der Waals surface area contributed by atoms with Crippen molar-refractivity contribution in [3.05, 3.63) is 24.2 Å². The molecule has 2 aromatic heterocycles. The lowest BCUT2D eigenvalue weighted by molar-refractivity contribution is -0.0723. The van der Waals surface area contributed by atoms with Gasteiger partial charge in [0.25, 0.3) is 0 Å². The van der Waals surface area contributed by atoms with Crippen molar-refractivity contribution in [1.29, 1.82) is 0 Å². The van der Waals surface area contributed by atoms with Crippen LogP contribution in [0.4, 0.5) is 10.2 Å². The molecule has 0 amide bonds. The first-order valence-electron chi connectivity index (χ1n) is 7.33. The number of rotatable bonds is 5. The second-order valence-electron chi connectivity index (χ2n) is 5.59. The molecule has 140 valence electrons. The Kier molecular flexibility index (Phi) is 4.74. The normalized spacial score (nSPS) is 31.0. The molecule has 26 heavy (non-hydrogen) atoms. The van der Waals surface area contributed by atoms with Crippen LogP contribution in [0.1, 0.15) is 11.8 Å². The lowest BCUT2D eigenvalue weighted by atomic mass is 9.96. The summed E-state index contributed by atoms with van der Waals surface area (Å²) in [7, 11) is -3.45. The molecule has 3 rings (SSSR count). The number of terminal acetylenes is 1. The van der Waals surface area contributed by atoms with Crippen molar-refractivity contribution in [2.75, 3.05) is 19.5 Å². The Bertz CT molecular complexity index is 916. The summed E-state index contributed by atoms with van der Waals surface area (Å²) in [4.78, 5) is 13.2. The third-order valence-corrected chi connectivity index (χ3v) is 5.04. The first-order valence-corrected chi connectivity index (χ1v) is 8.83. The predicted octanol–water partition coefficient (Wildman–Crippen LogP) is 0.217. The summed E-state index contributed by atoms with van der Waals surface area (Å²) in [5.74, 6) is 2.29. The van der Waals surface area contributed by atoms with Crippen LogP contribution in [0.25, 0.3) is 5.52 Å². The quantitative estimate of drug-likeness (QED) is 0.486. The highest BCUT2D eigenvalue weighted by Gasteiger charge is 2.56. The summed E-state index contributed by atoms with van der Waals surface area (Å²) in [5.41, 5.74) is 4.39. The fraction of sp³-hybridized carbons (Fsp3) is 0.429. The summed E-state index contributed by atoms with van der Waals surface area (Å²) >= 11 is 0. The van der Waals surface area contributed by atoms with Crippen LogP contribution in [0, 0.1) is 12.3 Å². The molecular weight excluding hydrogens is 370 g/mol. The minimum absolute atomic E-state index is 0.174. The number of halogens is 1. The number of aliphatic hydroxyl groups excluding tert-OH is 1. The van der Waals surface area contributed by atoms with Gasteiger partial charge in [-0.25, -0.2) is 18.5 Å². The van der Waals surface area contributed by atoms with Crippen LogP contribution in [0.15, 0.2) is 18.5 Å². The number of nitrogen functional groups attached to an aromatic ring is 1. The number of phosphoric ester groups is 1. The van der Waals surface area contributed by atoms with E-state index in [4.69, 9.17) is 21.4 Å². The van der Waals surface area contributed by atoms with Gasteiger partial charge >= 0.3 is 7.82 Å². The number of nitrogens with zero attached hydrogens (tertiary/aromatic N) is 3. The van der Waals surface area contributed by atoms with Crippen molar-refractivity contribution in [1.82, 2.24) is 14.6 Å². The molecule has 3 heterocycles. The van der Waals surface area contributed by atoms with Crippen molar-refractivity contribution in [3.8, 4) is 12.3 Å². The molecule has 2 aromatic rings. The minimum atomic E-state index is -4.40. The maximum Gasteiger partial charge on any atom is 0.472 e. The maximum atomic E-state index is 14.8. The molecular formula is C14H16FN4O6P. The Morgan fingerprint density at radius 3 is 3.00 bits per heavy atom. The number of hydrogen-bond acceptors (Lipinski definition) is 8. The molecule has 1 fully saturated rings. The summed E-state index contributed by atoms with van der Waals surface area (Å²) in [6.07, 6.45) is 1.49. The molecule has 0 aromatic carbocycles.